The minimum absolute atomic E-state index is 0.00849. The van der Waals surface area contributed by atoms with E-state index in [0.29, 0.717) is 0 Å². The van der Waals surface area contributed by atoms with Crippen molar-refractivity contribution in [1.29, 1.82) is 0 Å². The van der Waals surface area contributed by atoms with E-state index in [1.165, 1.54) is 24.4 Å². The summed E-state index contributed by atoms with van der Waals surface area (Å²) in [6.07, 6.45) is 5.42. The first kappa shape index (κ1) is 17.3. The van der Waals surface area contributed by atoms with Gasteiger partial charge in [0, 0.05) is 12.7 Å². The maximum Gasteiger partial charge on any atom is 0.327 e. The number of carboxylic acids is 1. The van der Waals surface area contributed by atoms with E-state index in [4.69, 9.17) is 9.53 Å². The van der Waals surface area contributed by atoms with Gasteiger partial charge in [-0.1, -0.05) is 56.0 Å². The fourth-order valence-corrected chi connectivity index (χ4v) is 2.45. The molecule has 1 aromatic rings. The van der Waals surface area contributed by atoms with E-state index in [9.17, 15) is 4.79 Å². The van der Waals surface area contributed by atoms with Crippen molar-refractivity contribution in [2.45, 2.75) is 18.9 Å². The molecule has 0 radical (unpaired) electrons. The van der Waals surface area contributed by atoms with Gasteiger partial charge in [-0.25, -0.2) is 4.79 Å². The summed E-state index contributed by atoms with van der Waals surface area (Å²) in [4.78, 5) is 9.25. The summed E-state index contributed by atoms with van der Waals surface area (Å²) in [5.41, 5.74) is 1.17. The Kier molecular flexibility index (Phi) is 11.7. The smallest absolute Gasteiger partial charge is 0.327 e. The lowest BCUT2D eigenvalue weighted by atomic mass is 10.2. The van der Waals surface area contributed by atoms with E-state index in [1.54, 1.807) is 0 Å². The fraction of sp³-hybridized carbons (Fsp3) is 0.267. The molecule has 1 saturated heterocycles. The van der Waals surface area contributed by atoms with Crippen molar-refractivity contribution in [2.24, 2.45) is 0 Å². The first-order valence-electron chi connectivity index (χ1n) is 6.31. The van der Waals surface area contributed by atoms with Gasteiger partial charge in [-0.05, 0) is 18.0 Å². The van der Waals surface area contributed by atoms with Crippen LogP contribution in [0, 0.1) is 0 Å². The van der Waals surface area contributed by atoms with Crippen LogP contribution in [0.25, 0.3) is 6.08 Å². The molecule has 1 aliphatic rings. The van der Waals surface area contributed by atoms with Crippen LogP contribution < -0.4 is 0 Å². The average Bonchev–Trinajstić information content (AvgIpc) is 2.51. The topological polar surface area (TPSA) is 46.5 Å². The van der Waals surface area contributed by atoms with Crippen LogP contribution in [0.2, 0.25) is 6.04 Å². The molecule has 0 amide bonds. The van der Waals surface area contributed by atoms with Gasteiger partial charge in [0.25, 0.3) is 0 Å². The Bertz CT molecular complexity index is 347. The maximum atomic E-state index is 9.25. The van der Waals surface area contributed by atoms with E-state index in [-0.39, 0.29) is 9.76 Å². The van der Waals surface area contributed by atoms with Crippen molar-refractivity contribution < 1.29 is 14.3 Å². The van der Waals surface area contributed by atoms with Crippen molar-refractivity contribution in [3.63, 3.8) is 0 Å². The molecule has 0 bridgehead atoms. The van der Waals surface area contributed by atoms with Crippen molar-refractivity contribution >= 4 is 21.8 Å². The third-order valence-corrected chi connectivity index (χ3v) is 3.65. The Balaban J connectivity index is 0.000000265. The van der Waals surface area contributed by atoms with Crippen LogP contribution in [0.4, 0.5) is 0 Å². The molecule has 0 aliphatic carbocycles. The standard InChI is InChI=1S/C8H8.C4H10OSi.C3H4O2/c1-2-8-6-4-3-5-7-8;1-2-4-6-5-3-1;1-2-3(4)5/h2-7H,1H2;1-4,6H2;2H,1H2,(H,4,5). The summed E-state index contributed by atoms with van der Waals surface area (Å²) in [6.45, 7) is 7.65. The van der Waals surface area contributed by atoms with Crippen LogP contribution in [-0.4, -0.2) is 27.4 Å². The van der Waals surface area contributed by atoms with Crippen molar-refractivity contribution in [1.82, 2.24) is 0 Å². The first-order valence-corrected chi connectivity index (χ1v) is 7.89. The Hall–Kier alpha value is -1.65. The Labute approximate surface area is 117 Å². The highest BCUT2D eigenvalue weighted by Crippen LogP contribution is 2.01. The van der Waals surface area contributed by atoms with Crippen LogP contribution in [0.15, 0.2) is 49.6 Å². The first-order chi connectivity index (χ1) is 9.20. The number of hydrogen-bond donors (Lipinski definition) is 1. The minimum atomic E-state index is -0.981. The summed E-state index contributed by atoms with van der Waals surface area (Å²) in [5.74, 6) is -0.981. The highest BCUT2D eigenvalue weighted by atomic mass is 28.2. The predicted octanol–water partition coefficient (Wildman–Crippen LogP) is 2.89. The van der Waals surface area contributed by atoms with Gasteiger partial charge in [0.15, 0.2) is 9.76 Å². The van der Waals surface area contributed by atoms with E-state index in [2.05, 4.69) is 13.2 Å². The fourth-order valence-electron chi connectivity index (χ4n) is 1.28. The second-order valence-electron chi connectivity index (χ2n) is 3.83. The molecule has 0 atom stereocenters. The number of benzene rings is 1. The second kappa shape index (κ2) is 12.8. The van der Waals surface area contributed by atoms with Crippen molar-refractivity contribution in [2.75, 3.05) is 6.61 Å². The molecule has 104 valence electrons. The van der Waals surface area contributed by atoms with Gasteiger partial charge < -0.3 is 9.53 Å². The number of carboxylic acid groups (broad SMARTS) is 1. The molecule has 3 nitrogen and oxygen atoms in total. The van der Waals surface area contributed by atoms with Gasteiger partial charge in [0.1, 0.15) is 0 Å². The Morgan fingerprint density at radius 2 is 1.89 bits per heavy atom. The monoisotopic (exact) mass is 278 g/mol. The number of rotatable bonds is 2. The van der Waals surface area contributed by atoms with Crippen LogP contribution in [-0.2, 0) is 9.22 Å². The zero-order chi connectivity index (χ0) is 14.3. The van der Waals surface area contributed by atoms with Gasteiger partial charge in [-0.3, -0.25) is 0 Å². The SMILES string of the molecule is C1CC[SiH2]OC1.C=CC(=O)O.C=Cc1ccccc1. The molecule has 4 heteroatoms. The summed E-state index contributed by atoms with van der Waals surface area (Å²) in [6, 6.07) is 11.4. The molecule has 0 unspecified atom stereocenters. The normalized spacial score (nSPS) is 14.1. The van der Waals surface area contributed by atoms with Gasteiger partial charge in [0.2, 0.25) is 0 Å². The molecule has 0 spiro atoms. The average molecular weight is 278 g/mol. The third-order valence-electron chi connectivity index (χ3n) is 2.29. The van der Waals surface area contributed by atoms with Gasteiger partial charge in [-0.15, -0.1) is 0 Å². The molecular formula is C15H22O3Si. The number of hydrogen-bond acceptors (Lipinski definition) is 2. The van der Waals surface area contributed by atoms with Crippen LogP contribution in [0.1, 0.15) is 18.4 Å². The highest BCUT2D eigenvalue weighted by molar-refractivity contribution is 6.27. The molecule has 2 rings (SSSR count). The lowest BCUT2D eigenvalue weighted by Gasteiger charge is -2.07. The van der Waals surface area contributed by atoms with E-state index in [1.807, 2.05) is 36.4 Å². The highest BCUT2D eigenvalue weighted by Gasteiger charge is 1.96. The third kappa shape index (κ3) is 12.6. The molecule has 1 heterocycles. The van der Waals surface area contributed by atoms with E-state index < -0.39 is 5.97 Å². The molecular weight excluding hydrogens is 256 g/mol. The number of carbonyl (C=O) groups is 1. The van der Waals surface area contributed by atoms with Crippen LogP contribution in [0.5, 0.6) is 0 Å². The summed E-state index contributed by atoms with van der Waals surface area (Å²) < 4.78 is 5.21. The lowest BCUT2D eigenvalue weighted by molar-refractivity contribution is -0.131. The van der Waals surface area contributed by atoms with Gasteiger partial charge in [-0.2, -0.15) is 0 Å². The molecule has 19 heavy (non-hydrogen) atoms. The second-order valence-corrected chi connectivity index (χ2v) is 5.35. The largest absolute Gasteiger partial charge is 0.478 e. The number of aliphatic carboxylic acids is 1. The molecule has 1 aromatic carbocycles. The minimum Gasteiger partial charge on any atom is -0.478 e. The zero-order valence-electron chi connectivity index (χ0n) is 11.3. The summed E-state index contributed by atoms with van der Waals surface area (Å²) in [5, 5.41) is 7.60. The van der Waals surface area contributed by atoms with Crippen molar-refractivity contribution in [3.05, 3.63) is 55.1 Å². The van der Waals surface area contributed by atoms with Crippen LogP contribution in [0.3, 0.4) is 0 Å². The van der Waals surface area contributed by atoms with Crippen molar-refractivity contribution in [3.8, 4) is 0 Å². The van der Waals surface area contributed by atoms with E-state index in [0.717, 1.165) is 12.7 Å². The van der Waals surface area contributed by atoms with E-state index >= 15 is 0 Å². The summed E-state index contributed by atoms with van der Waals surface area (Å²) >= 11 is 0. The molecule has 0 aromatic heterocycles. The summed E-state index contributed by atoms with van der Waals surface area (Å²) in [7, 11) is 0.00849. The lowest BCUT2D eigenvalue weighted by Crippen LogP contribution is -2.06. The quantitative estimate of drug-likeness (QED) is 0.668. The maximum absolute atomic E-state index is 9.25. The van der Waals surface area contributed by atoms with Gasteiger partial charge in [0.05, 0.1) is 0 Å². The van der Waals surface area contributed by atoms with Gasteiger partial charge >= 0.3 is 5.97 Å². The molecule has 1 N–H and O–H groups in total. The Morgan fingerprint density at radius 3 is 2.11 bits per heavy atom. The molecule has 1 fully saturated rings. The van der Waals surface area contributed by atoms with Crippen LogP contribution >= 0.6 is 0 Å². The Morgan fingerprint density at radius 1 is 1.26 bits per heavy atom. The molecule has 0 saturated carbocycles. The predicted molar refractivity (Wildman–Crippen MR) is 82.9 cm³/mol. The molecule has 1 aliphatic heterocycles. The zero-order valence-corrected chi connectivity index (χ0v) is 12.7.